The van der Waals surface area contributed by atoms with Crippen LogP contribution in [-0.4, -0.2) is 27.9 Å². The second-order valence-corrected chi connectivity index (χ2v) is 4.88. The summed E-state index contributed by atoms with van der Waals surface area (Å²) < 4.78 is 14.0. The van der Waals surface area contributed by atoms with Crippen molar-refractivity contribution in [2.45, 2.75) is 32.7 Å². The van der Waals surface area contributed by atoms with Gasteiger partial charge in [0, 0.05) is 17.9 Å². The molecule has 0 radical (unpaired) electrons. The molecular weight excluding hydrogens is 273 g/mol. The number of hydrogen-bond donors (Lipinski definition) is 0. The zero-order valence-corrected chi connectivity index (χ0v) is 11.7. The minimum Gasteiger partial charge on any atom is -0.351 e. The van der Waals surface area contributed by atoms with E-state index in [9.17, 15) is 4.39 Å². The molecule has 0 aliphatic carbocycles. The summed E-state index contributed by atoms with van der Waals surface area (Å²) in [5.41, 5.74) is 0.266. The maximum atomic E-state index is 14.0. The molecule has 0 spiro atoms. The smallest absolute Gasteiger partial charge is 0.187 e. The molecule has 3 nitrogen and oxygen atoms in total. The van der Waals surface area contributed by atoms with Crippen LogP contribution in [0, 0.1) is 5.82 Å². The molecule has 0 bridgehead atoms. The molecule has 1 heterocycles. The Morgan fingerprint density at radius 2 is 2.06 bits per heavy atom. The third-order valence-corrected chi connectivity index (χ3v) is 4.10. The first-order chi connectivity index (χ1) is 7.44. The van der Waals surface area contributed by atoms with Crippen molar-refractivity contribution in [2.75, 3.05) is 17.3 Å². The van der Waals surface area contributed by atoms with Crippen molar-refractivity contribution in [3.05, 3.63) is 17.8 Å². The van der Waals surface area contributed by atoms with Crippen LogP contribution in [0.1, 0.15) is 26.5 Å². The molecule has 0 atom stereocenters. The van der Waals surface area contributed by atoms with Gasteiger partial charge in [-0.2, -0.15) is 0 Å². The van der Waals surface area contributed by atoms with Gasteiger partial charge in [0.25, 0.3) is 0 Å². The fourth-order valence-corrected chi connectivity index (χ4v) is 1.63. The predicted octanol–water partition coefficient (Wildman–Crippen LogP) is 2.79. The van der Waals surface area contributed by atoms with Crippen molar-refractivity contribution in [1.29, 1.82) is 0 Å². The molecule has 5 heteroatoms. The molecule has 90 valence electrons. The second-order valence-electron chi connectivity index (χ2n) is 4.32. The van der Waals surface area contributed by atoms with Crippen LogP contribution in [0.5, 0.6) is 0 Å². The highest BCUT2D eigenvalue weighted by Gasteiger charge is 2.26. The van der Waals surface area contributed by atoms with Crippen LogP contribution in [0.15, 0.2) is 6.33 Å². The topological polar surface area (TPSA) is 29.0 Å². The standard InChI is InChI=1S/C11H17BrFN3/c1-5-8-9(13)10(15-7-14-8)16(4)11(2,3)6-12/h7H,5-6H2,1-4H3. The molecule has 0 amide bonds. The summed E-state index contributed by atoms with van der Waals surface area (Å²) in [5, 5.41) is 0.738. The number of aromatic nitrogens is 2. The zero-order valence-electron chi connectivity index (χ0n) is 10.1. The van der Waals surface area contributed by atoms with Gasteiger partial charge in [0.1, 0.15) is 6.33 Å². The summed E-state index contributed by atoms with van der Waals surface area (Å²) in [6, 6.07) is 0. The minimum atomic E-state index is -0.318. The Labute approximate surface area is 104 Å². The largest absolute Gasteiger partial charge is 0.351 e. The summed E-state index contributed by atoms with van der Waals surface area (Å²) in [4.78, 5) is 9.77. The molecule has 0 saturated carbocycles. The van der Waals surface area contributed by atoms with Crippen LogP contribution in [0.25, 0.3) is 0 Å². The van der Waals surface area contributed by atoms with Crippen molar-refractivity contribution < 1.29 is 4.39 Å². The average molecular weight is 290 g/mol. The summed E-state index contributed by atoms with van der Waals surface area (Å²) >= 11 is 3.42. The predicted molar refractivity (Wildman–Crippen MR) is 67.6 cm³/mol. The Hall–Kier alpha value is -0.710. The molecule has 0 unspecified atom stereocenters. The molecule has 1 rings (SSSR count). The third kappa shape index (κ3) is 2.51. The van der Waals surface area contributed by atoms with E-state index in [1.807, 2.05) is 32.7 Å². The van der Waals surface area contributed by atoms with E-state index in [-0.39, 0.29) is 11.4 Å². The fourth-order valence-electron chi connectivity index (χ4n) is 1.25. The van der Waals surface area contributed by atoms with Crippen LogP contribution in [0.3, 0.4) is 0 Å². The summed E-state index contributed by atoms with van der Waals surface area (Å²) in [5.74, 6) is 0.0397. The van der Waals surface area contributed by atoms with Gasteiger partial charge in [-0.25, -0.2) is 14.4 Å². The van der Waals surface area contributed by atoms with Gasteiger partial charge >= 0.3 is 0 Å². The normalized spacial score (nSPS) is 11.6. The highest BCUT2D eigenvalue weighted by molar-refractivity contribution is 9.09. The lowest BCUT2D eigenvalue weighted by atomic mass is 10.1. The van der Waals surface area contributed by atoms with E-state index in [0.29, 0.717) is 17.9 Å². The average Bonchev–Trinajstić information content (AvgIpc) is 2.28. The molecule has 0 aliphatic rings. The molecular formula is C11H17BrFN3. The lowest BCUT2D eigenvalue weighted by molar-refractivity contribution is 0.518. The van der Waals surface area contributed by atoms with Crippen molar-refractivity contribution in [2.24, 2.45) is 0 Å². The fraction of sp³-hybridized carbons (Fsp3) is 0.636. The first-order valence-corrected chi connectivity index (χ1v) is 6.35. The summed E-state index contributed by atoms with van der Waals surface area (Å²) in [6.07, 6.45) is 1.99. The number of nitrogens with zero attached hydrogens (tertiary/aromatic N) is 3. The SMILES string of the molecule is CCc1ncnc(N(C)C(C)(C)CBr)c1F. The van der Waals surface area contributed by atoms with Crippen LogP contribution in [0.2, 0.25) is 0 Å². The molecule has 0 fully saturated rings. The van der Waals surface area contributed by atoms with Gasteiger partial charge in [-0.15, -0.1) is 0 Å². The Morgan fingerprint density at radius 1 is 1.44 bits per heavy atom. The van der Waals surface area contributed by atoms with Gasteiger partial charge in [0.15, 0.2) is 11.6 Å². The first kappa shape index (κ1) is 13.4. The lowest BCUT2D eigenvalue weighted by Gasteiger charge is -2.35. The van der Waals surface area contributed by atoms with E-state index in [0.717, 1.165) is 5.33 Å². The molecule has 0 saturated heterocycles. The van der Waals surface area contributed by atoms with Crippen molar-refractivity contribution >= 4 is 21.7 Å². The molecule has 1 aromatic heterocycles. The Kier molecular flexibility index (Phi) is 4.24. The van der Waals surface area contributed by atoms with Gasteiger partial charge in [-0.1, -0.05) is 22.9 Å². The molecule has 0 aromatic carbocycles. The van der Waals surface area contributed by atoms with Crippen molar-refractivity contribution in [3.8, 4) is 0 Å². The number of hydrogen-bond acceptors (Lipinski definition) is 3. The first-order valence-electron chi connectivity index (χ1n) is 5.23. The van der Waals surface area contributed by atoms with Crippen LogP contribution in [0.4, 0.5) is 10.2 Å². The Balaban J connectivity index is 3.14. The van der Waals surface area contributed by atoms with Crippen LogP contribution >= 0.6 is 15.9 Å². The summed E-state index contributed by atoms with van der Waals surface area (Å²) in [6.45, 7) is 5.93. The van der Waals surface area contributed by atoms with E-state index in [2.05, 4.69) is 25.9 Å². The highest BCUT2D eigenvalue weighted by Crippen LogP contribution is 2.25. The van der Waals surface area contributed by atoms with E-state index in [1.54, 1.807) is 0 Å². The maximum absolute atomic E-state index is 14.0. The molecule has 1 aromatic rings. The Morgan fingerprint density at radius 3 is 2.56 bits per heavy atom. The van der Waals surface area contributed by atoms with Gasteiger partial charge in [0.2, 0.25) is 0 Å². The number of aryl methyl sites for hydroxylation is 1. The van der Waals surface area contributed by atoms with Crippen LogP contribution < -0.4 is 4.90 Å². The number of alkyl halides is 1. The quantitative estimate of drug-likeness (QED) is 0.798. The molecule has 0 aliphatic heterocycles. The Bertz CT molecular complexity index is 368. The monoisotopic (exact) mass is 289 g/mol. The van der Waals surface area contributed by atoms with E-state index in [1.165, 1.54) is 6.33 Å². The number of anilines is 1. The highest BCUT2D eigenvalue weighted by atomic mass is 79.9. The van der Waals surface area contributed by atoms with Gasteiger partial charge in [0.05, 0.1) is 5.69 Å². The van der Waals surface area contributed by atoms with Gasteiger partial charge in [-0.3, -0.25) is 0 Å². The zero-order chi connectivity index (χ0) is 12.3. The third-order valence-electron chi connectivity index (χ3n) is 2.73. The molecule has 0 N–H and O–H groups in total. The minimum absolute atomic E-state index is 0.194. The molecule has 16 heavy (non-hydrogen) atoms. The number of rotatable bonds is 4. The maximum Gasteiger partial charge on any atom is 0.187 e. The number of halogens is 2. The summed E-state index contributed by atoms with van der Waals surface area (Å²) in [7, 11) is 1.84. The van der Waals surface area contributed by atoms with Crippen molar-refractivity contribution in [3.63, 3.8) is 0 Å². The lowest BCUT2D eigenvalue weighted by Crippen LogP contribution is -2.43. The van der Waals surface area contributed by atoms with E-state index >= 15 is 0 Å². The van der Waals surface area contributed by atoms with E-state index in [4.69, 9.17) is 0 Å². The van der Waals surface area contributed by atoms with Gasteiger partial charge < -0.3 is 4.90 Å². The van der Waals surface area contributed by atoms with E-state index < -0.39 is 0 Å². The van der Waals surface area contributed by atoms with Crippen molar-refractivity contribution in [1.82, 2.24) is 9.97 Å². The van der Waals surface area contributed by atoms with Gasteiger partial charge in [-0.05, 0) is 20.3 Å². The van der Waals surface area contributed by atoms with Crippen LogP contribution in [-0.2, 0) is 6.42 Å². The second kappa shape index (κ2) is 5.08.